The van der Waals surface area contributed by atoms with Gasteiger partial charge in [0.2, 0.25) is 5.28 Å². The summed E-state index contributed by atoms with van der Waals surface area (Å²) in [6, 6.07) is 8.08. The fourth-order valence-corrected chi connectivity index (χ4v) is 2.61. The molecule has 0 saturated carbocycles. The number of rotatable bonds is 2. The molecule has 90 valence electrons. The molecule has 0 aliphatic rings. The summed E-state index contributed by atoms with van der Waals surface area (Å²) in [5, 5.41) is 5.99. The van der Waals surface area contributed by atoms with Gasteiger partial charge in [0.1, 0.15) is 16.5 Å². The lowest BCUT2D eigenvalue weighted by atomic mass is 10.3. The van der Waals surface area contributed by atoms with Gasteiger partial charge in [0, 0.05) is 5.69 Å². The van der Waals surface area contributed by atoms with Crippen LogP contribution in [-0.4, -0.2) is 9.97 Å². The number of halogens is 2. The van der Waals surface area contributed by atoms with E-state index in [1.807, 2.05) is 11.4 Å². The first-order valence-electron chi connectivity index (χ1n) is 5.16. The zero-order chi connectivity index (χ0) is 12.5. The first-order chi connectivity index (χ1) is 8.72. The van der Waals surface area contributed by atoms with Crippen molar-refractivity contribution >= 4 is 44.7 Å². The molecule has 3 nitrogen and oxygen atoms in total. The first kappa shape index (κ1) is 11.4. The molecule has 0 saturated heterocycles. The smallest absolute Gasteiger partial charge is 0.225 e. The number of hydrogen-bond donors (Lipinski definition) is 1. The molecule has 6 heteroatoms. The third-order valence-electron chi connectivity index (χ3n) is 2.39. The highest BCUT2D eigenvalue weighted by Gasteiger charge is 2.08. The van der Waals surface area contributed by atoms with Gasteiger partial charge in [0.05, 0.1) is 5.39 Å². The van der Waals surface area contributed by atoms with E-state index in [-0.39, 0.29) is 11.1 Å². The van der Waals surface area contributed by atoms with E-state index < -0.39 is 0 Å². The molecule has 0 radical (unpaired) electrons. The lowest BCUT2D eigenvalue weighted by Gasteiger charge is -2.06. The standard InChI is InChI=1S/C12H7ClFN3S/c13-12-16-10(9-4-5-18-11(9)17-12)15-8-3-1-2-7(14)6-8/h1-6H,(H,15,16,17). The van der Waals surface area contributed by atoms with Crippen LogP contribution in [0.1, 0.15) is 0 Å². The Kier molecular flexibility index (Phi) is 2.85. The number of nitrogens with one attached hydrogen (secondary N) is 1. The van der Waals surface area contributed by atoms with Crippen molar-refractivity contribution in [3.63, 3.8) is 0 Å². The highest BCUT2D eigenvalue weighted by Crippen LogP contribution is 2.28. The zero-order valence-electron chi connectivity index (χ0n) is 9.02. The molecule has 0 spiro atoms. The monoisotopic (exact) mass is 279 g/mol. The first-order valence-corrected chi connectivity index (χ1v) is 6.41. The van der Waals surface area contributed by atoms with Gasteiger partial charge in [-0.25, -0.2) is 9.37 Å². The van der Waals surface area contributed by atoms with Gasteiger partial charge in [-0.2, -0.15) is 4.98 Å². The minimum Gasteiger partial charge on any atom is -0.339 e. The van der Waals surface area contributed by atoms with Crippen LogP contribution in [-0.2, 0) is 0 Å². The third-order valence-corrected chi connectivity index (χ3v) is 3.36. The fraction of sp³-hybridized carbons (Fsp3) is 0. The largest absolute Gasteiger partial charge is 0.339 e. The number of nitrogens with zero attached hydrogens (tertiary/aromatic N) is 2. The molecule has 1 N–H and O–H groups in total. The summed E-state index contributed by atoms with van der Waals surface area (Å²) in [5.74, 6) is 0.276. The van der Waals surface area contributed by atoms with E-state index in [1.165, 1.54) is 23.5 Å². The Morgan fingerprint density at radius 2 is 2.11 bits per heavy atom. The maximum absolute atomic E-state index is 13.1. The maximum Gasteiger partial charge on any atom is 0.225 e. The number of aromatic nitrogens is 2. The van der Waals surface area contributed by atoms with E-state index in [0.29, 0.717) is 11.5 Å². The van der Waals surface area contributed by atoms with Gasteiger partial charge in [-0.1, -0.05) is 6.07 Å². The zero-order valence-corrected chi connectivity index (χ0v) is 10.6. The van der Waals surface area contributed by atoms with Crippen LogP contribution < -0.4 is 5.32 Å². The Hall–Kier alpha value is -1.72. The molecule has 0 aliphatic heterocycles. The van der Waals surface area contributed by atoms with E-state index in [4.69, 9.17) is 11.6 Å². The number of benzene rings is 1. The van der Waals surface area contributed by atoms with Crippen molar-refractivity contribution in [3.05, 3.63) is 46.8 Å². The predicted molar refractivity (Wildman–Crippen MR) is 72.1 cm³/mol. The molecule has 0 fully saturated rings. The molecular formula is C12H7ClFN3S. The van der Waals surface area contributed by atoms with Crippen LogP contribution in [0.25, 0.3) is 10.2 Å². The van der Waals surface area contributed by atoms with Crippen molar-refractivity contribution in [2.24, 2.45) is 0 Å². The number of thiophene rings is 1. The number of anilines is 2. The molecule has 3 aromatic rings. The highest BCUT2D eigenvalue weighted by atomic mass is 35.5. The Morgan fingerprint density at radius 3 is 2.94 bits per heavy atom. The molecular weight excluding hydrogens is 273 g/mol. The molecule has 3 rings (SSSR count). The van der Waals surface area contributed by atoms with Crippen molar-refractivity contribution in [1.29, 1.82) is 0 Å². The van der Waals surface area contributed by atoms with Crippen molar-refractivity contribution in [1.82, 2.24) is 9.97 Å². The summed E-state index contributed by atoms with van der Waals surface area (Å²) >= 11 is 7.33. The molecule has 0 aliphatic carbocycles. The number of fused-ring (bicyclic) bond motifs is 1. The quantitative estimate of drug-likeness (QED) is 0.714. The van der Waals surface area contributed by atoms with Crippen molar-refractivity contribution in [2.75, 3.05) is 5.32 Å². The van der Waals surface area contributed by atoms with Gasteiger partial charge in [0.15, 0.2) is 0 Å². The molecule has 1 aromatic carbocycles. The van der Waals surface area contributed by atoms with Gasteiger partial charge in [-0.05, 0) is 41.2 Å². The van der Waals surface area contributed by atoms with Crippen LogP contribution in [0.15, 0.2) is 35.7 Å². The van der Waals surface area contributed by atoms with Crippen molar-refractivity contribution in [3.8, 4) is 0 Å². The summed E-state index contributed by atoms with van der Waals surface area (Å²) in [4.78, 5) is 9.04. The molecule has 2 aromatic heterocycles. The Balaban J connectivity index is 2.06. The third kappa shape index (κ3) is 2.14. The van der Waals surface area contributed by atoms with Gasteiger partial charge < -0.3 is 5.32 Å². The Bertz CT molecular complexity index is 713. The topological polar surface area (TPSA) is 37.8 Å². The normalized spacial score (nSPS) is 10.8. The molecule has 0 unspecified atom stereocenters. The Labute approximate surface area is 111 Å². The second-order valence-corrected chi connectivity index (χ2v) is 4.85. The van der Waals surface area contributed by atoms with Gasteiger partial charge >= 0.3 is 0 Å². The lowest BCUT2D eigenvalue weighted by Crippen LogP contribution is -1.96. The Morgan fingerprint density at radius 1 is 1.22 bits per heavy atom. The summed E-state index contributed by atoms with van der Waals surface area (Å²) in [6.07, 6.45) is 0. The van der Waals surface area contributed by atoms with Gasteiger partial charge in [-0.15, -0.1) is 11.3 Å². The molecule has 0 bridgehead atoms. The van der Waals surface area contributed by atoms with E-state index in [2.05, 4.69) is 15.3 Å². The minimum atomic E-state index is -0.304. The molecule has 2 heterocycles. The van der Waals surface area contributed by atoms with E-state index >= 15 is 0 Å². The molecule has 0 amide bonds. The SMILES string of the molecule is Fc1cccc(Nc2nc(Cl)nc3sccc23)c1. The predicted octanol–water partition coefficient (Wildman–Crippen LogP) is 4.23. The summed E-state index contributed by atoms with van der Waals surface area (Å²) in [7, 11) is 0. The van der Waals surface area contributed by atoms with Gasteiger partial charge in [-0.3, -0.25) is 0 Å². The fourth-order valence-electron chi connectivity index (χ4n) is 1.63. The van der Waals surface area contributed by atoms with Crippen LogP contribution >= 0.6 is 22.9 Å². The molecule has 18 heavy (non-hydrogen) atoms. The highest BCUT2D eigenvalue weighted by molar-refractivity contribution is 7.16. The minimum absolute atomic E-state index is 0.170. The molecule has 0 atom stereocenters. The summed E-state index contributed by atoms with van der Waals surface area (Å²) in [6.45, 7) is 0. The van der Waals surface area contributed by atoms with Crippen molar-refractivity contribution in [2.45, 2.75) is 0 Å². The summed E-state index contributed by atoms with van der Waals surface area (Å²) in [5.41, 5.74) is 0.622. The summed E-state index contributed by atoms with van der Waals surface area (Å²) < 4.78 is 13.1. The van der Waals surface area contributed by atoms with Crippen LogP contribution in [0.5, 0.6) is 0 Å². The van der Waals surface area contributed by atoms with E-state index in [1.54, 1.807) is 12.1 Å². The van der Waals surface area contributed by atoms with Crippen LogP contribution in [0.4, 0.5) is 15.9 Å². The average molecular weight is 280 g/mol. The van der Waals surface area contributed by atoms with Crippen molar-refractivity contribution < 1.29 is 4.39 Å². The van der Waals surface area contributed by atoms with Crippen LogP contribution in [0.3, 0.4) is 0 Å². The second kappa shape index (κ2) is 4.51. The van der Waals surface area contributed by atoms with Gasteiger partial charge in [0.25, 0.3) is 0 Å². The van der Waals surface area contributed by atoms with Crippen LogP contribution in [0.2, 0.25) is 5.28 Å². The van der Waals surface area contributed by atoms with E-state index in [0.717, 1.165) is 10.2 Å². The number of hydrogen-bond acceptors (Lipinski definition) is 4. The lowest BCUT2D eigenvalue weighted by molar-refractivity contribution is 0.628. The van der Waals surface area contributed by atoms with E-state index in [9.17, 15) is 4.39 Å². The maximum atomic E-state index is 13.1. The average Bonchev–Trinajstić information content (AvgIpc) is 2.77. The second-order valence-electron chi connectivity index (χ2n) is 3.62. The van der Waals surface area contributed by atoms with Crippen LogP contribution in [0, 0.1) is 5.82 Å².